The predicted octanol–water partition coefficient (Wildman–Crippen LogP) is 1.70. The summed E-state index contributed by atoms with van der Waals surface area (Å²) < 4.78 is 7.05. The summed E-state index contributed by atoms with van der Waals surface area (Å²) in [5.41, 5.74) is 0. The molecule has 1 unspecified atom stereocenters. The molecule has 0 saturated carbocycles. The fourth-order valence-electron chi connectivity index (χ4n) is 2.76. The number of amides is 1. The van der Waals surface area contributed by atoms with Crippen LogP contribution in [0.1, 0.15) is 50.4 Å². The molecule has 1 saturated heterocycles. The molecule has 1 N–H and O–H groups in total. The van der Waals surface area contributed by atoms with Gasteiger partial charge in [0.15, 0.2) is 11.6 Å². The van der Waals surface area contributed by atoms with Crippen LogP contribution in [0.3, 0.4) is 0 Å². The summed E-state index contributed by atoms with van der Waals surface area (Å²) in [6.45, 7) is 5.20. The molecule has 0 spiro atoms. The number of aromatic nitrogens is 4. The highest BCUT2D eigenvalue weighted by Crippen LogP contribution is 2.31. The van der Waals surface area contributed by atoms with Crippen molar-refractivity contribution in [3.8, 4) is 0 Å². The summed E-state index contributed by atoms with van der Waals surface area (Å²) >= 11 is 0. The Bertz CT molecular complexity index is 677. The maximum Gasteiger partial charge on any atom is 0.244 e. The number of carbonyl (C=O) groups is 1. The quantitative estimate of drug-likeness (QED) is 0.902. The Balaban J connectivity index is 1.63. The third-order valence-electron chi connectivity index (χ3n) is 3.95. The summed E-state index contributed by atoms with van der Waals surface area (Å²) in [5.74, 6) is 2.03. The normalized spacial score (nSPS) is 18.7. The minimum absolute atomic E-state index is 0.0180. The molecule has 23 heavy (non-hydrogen) atoms. The molecule has 0 aromatic carbocycles. The smallest absolute Gasteiger partial charge is 0.244 e. The van der Waals surface area contributed by atoms with Gasteiger partial charge in [0.25, 0.3) is 0 Å². The zero-order valence-electron chi connectivity index (χ0n) is 13.7. The maximum absolute atomic E-state index is 12.2. The van der Waals surface area contributed by atoms with Crippen LogP contribution >= 0.6 is 0 Å². The second-order valence-corrected chi connectivity index (χ2v) is 6.20. The molecule has 1 aliphatic rings. The van der Waals surface area contributed by atoms with E-state index in [1.807, 2.05) is 20.9 Å². The van der Waals surface area contributed by atoms with E-state index in [9.17, 15) is 4.79 Å². The predicted molar refractivity (Wildman–Crippen MR) is 83.8 cm³/mol. The van der Waals surface area contributed by atoms with Gasteiger partial charge in [0.1, 0.15) is 0 Å². The van der Waals surface area contributed by atoms with Crippen molar-refractivity contribution in [3.63, 3.8) is 0 Å². The number of nitrogens with zero attached hydrogens (tertiary/aromatic N) is 5. The topological polar surface area (TPSA) is 89.1 Å². The minimum atomic E-state index is -0.0841. The fraction of sp³-hybridized carbons (Fsp3) is 0.600. The highest BCUT2D eigenvalue weighted by Gasteiger charge is 2.32. The van der Waals surface area contributed by atoms with Gasteiger partial charge in [-0.2, -0.15) is 10.1 Å². The second kappa shape index (κ2) is 6.49. The van der Waals surface area contributed by atoms with Gasteiger partial charge in [0.2, 0.25) is 11.8 Å². The van der Waals surface area contributed by atoms with Gasteiger partial charge in [-0.05, 0) is 19.4 Å². The average molecular weight is 318 g/mol. The van der Waals surface area contributed by atoms with Crippen LogP contribution in [0.4, 0.5) is 5.82 Å². The van der Waals surface area contributed by atoms with Crippen LogP contribution in [-0.4, -0.2) is 43.8 Å². The van der Waals surface area contributed by atoms with Crippen LogP contribution in [0.2, 0.25) is 0 Å². The van der Waals surface area contributed by atoms with Crippen molar-refractivity contribution in [3.05, 3.63) is 24.0 Å². The molecule has 2 aromatic heterocycles. The van der Waals surface area contributed by atoms with E-state index in [1.165, 1.54) is 0 Å². The van der Waals surface area contributed by atoms with Gasteiger partial charge in [0.05, 0.1) is 12.6 Å². The molecule has 8 nitrogen and oxygen atoms in total. The van der Waals surface area contributed by atoms with Crippen molar-refractivity contribution in [2.24, 2.45) is 7.05 Å². The zero-order valence-corrected chi connectivity index (χ0v) is 13.7. The van der Waals surface area contributed by atoms with E-state index in [2.05, 4.69) is 25.5 Å². The zero-order chi connectivity index (χ0) is 16.4. The Morgan fingerprint density at radius 2 is 2.35 bits per heavy atom. The van der Waals surface area contributed by atoms with Crippen LogP contribution in [0.5, 0.6) is 0 Å². The summed E-state index contributed by atoms with van der Waals surface area (Å²) in [4.78, 5) is 18.7. The van der Waals surface area contributed by atoms with Crippen LogP contribution in [0.25, 0.3) is 0 Å². The number of rotatable bonds is 5. The van der Waals surface area contributed by atoms with E-state index in [4.69, 9.17) is 4.52 Å². The lowest BCUT2D eigenvalue weighted by atomic mass is 10.2. The molecule has 1 amide bonds. The van der Waals surface area contributed by atoms with E-state index in [0.717, 1.165) is 19.4 Å². The third-order valence-corrected chi connectivity index (χ3v) is 3.95. The molecule has 1 aliphatic heterocycles. The largest absolute Gasteiger partial charge is 0.338 e. The number of anilines is 1. The van der Waals surface area contributed by atoms with Crippen molar-refractivity contribution in [1.82, 2.24) is 24.8 Å². The number of hydrogen-bond donors (Lipinski definition) is 1. The monoisotopic (exact) mass is 318 g/mol. The molecule has 3 heterocycles. The average Bonchev–Trinajstić information content (AvgIpc) is 3.19. The fourth-order valence-corrected chi connectivity index (χ4v) is 2.76. The molecular weight excluding hydrogens is 296 g/mol. The number of carbonyl (C=O) groups excluding carboxylic acids is 1. The van der Waals surface area contributed by atoms with Crippen molar-refractivity contribution >= 4 is 11.7 Å². The highest BCUT2D eigenvalue weighted by molar-refractivity contribution is 5.91. The Labute approximate surface area is 134 Å². The van der Waals surface area contributed by atoms with E-state index >= 15 is 0 Å². The minimum Gasteiger partial charge on any atom is -0.338 e. The first-order chi connectivity index (χ1) is 11.0. The van der Waals surface area contributed by atoms with Gasteiger partial charge in [-0.15, -0.1) is 0 Å². The Hall–Kier alpha value is -2.22. The van der Waals surface area contributed by atoms with E-state index in [-0.39, 0.29) is 17.9 Å². The van der Waals surface area contributed by atoms with Gasteiger partial charge >= 0.3 is 0 Å². The molecule has 1 atom stereocenters. The lowest BCUT2D eigenvalue weighted by Gasteiger charge is -2.20. The number of hydrogen-bond acceptors (Lipinski definition) is 6. The van der Waals surface area contributed by atoms with Gasteiger partial charge in [-0.1, -0.05) is 19.0 Å². The Kier molecular flexibility index (Phi) is 4.42. The molecule has 0 radical (unpaired) electrons. The molecule has 124 valence electrons. The van der Waals surface area contributed by atoms with Crippen molar-refractivity contribution in [2.45, 2.75) is 38.6 Å². The summed E-state index contributed by atoms with van der Waals surface area (Å²) in [7, 11) is 1.81. The summed E-state index contributed by atoms with van der Waals surface area (Å²) in [6.07, 6.45) is 3.73. The van der Waals surface area contributed by atoms with Gasteiger partial charge in [0, 0.05) is 25.2 Å². The molecule has 0 bridgehead atoms. The molecular formula is C15H22N6O2. The molecule has 8 heteroatoms. The number of likely N-dealkylation sites (tertiary alicyclic amines) is 1. The van der Waals surface area contributed by atoms with Crippen LogP contribution in [0.15, 0.2) is 16.8 Å². The number of aryl methyl sites for hydroxylation is 1. The van der Waals surface area contributed by atoms with Crippen LogP contribution < -0.4 is 5.32 Å². The Morgan fingerprint density at radius 1 is 1.52 bits per heavy atom. The molecule has 2 aromatic rings. The van der Waals surface area contributed by atoms with E-state index < -0.39 is 0 Å². The van der Waals surface area contributed by atoms with E-state index in [0.29, 0.717) is 24.1 Å². The van der Waals surface area contributed by atoms with Gasteiger partial charge in [-0.25, -0.2) is 0 Å². The summed E-state index contributed by atoms with van der Waals surface area (Å²) in [5, 5.41) is 11.0. The lowest BCUT2D eigenvalue weighted by Crippen LogP contribution is -2.33. The van der Waals surface area contributed by atoms with Crippen LogP contribution in [0, 0.1) is 0 Å². The highest BCUT2D eigenvalue weighted by atomic mass is 16.5. The van der Waals surface area contributed by atoms with Gasteiger partial charge in [-0.3, -0.25) is 14.4 Å². The Morgan fingerprint density at radius 3 is 3.00 bits per heavy atom. The first-order valence-electron chi connectivity index (χ1n) is 7.90. The van der Waals surface area contributed by atoms with Crippen molar-refractivity contribution in [1.29, 1.82) is 0 Å². The van der Waals surface area contributed by atoms with Crippen molar-refractivity contribution < 1.29 is 9.32 Å². The third kappa shape index (κ3) is 3.58. The first kappa shape index (κ1) is 15.7. The van der Waals surface area contributed by atoms with E-state index in [1.54, 1.807) is 16.9 Å². The number of nitrogens with one attached hydrogen (secondary N) is 1. The van der Waals surface area contributed by atoms with Crippen molar-refractivity contribution in [2.75, 3.05) is 18.4 Å². The van der Waals surface area contributed by atoms with Gasteiger partial charge < -0.3 is 9.84 Å². The van der Waals surface area contributed by atoms with Crippen LogP contribution in [-0.2, 0) is 11.8 Å². The molecule has 0 aliphatic carbocycles. The standard InChI is InChI=1S/C15H22N6O2/c1-10(2)14-17-15(23-19-14)11-5-4-7-21(11)9-13(22)16-12-6-8-20(3)18-12/h6,8,10-11H,4-5,7,9H2,1-3H3,(H,16,18,22). The maximum atomic E-state index is 12.2. The summed E-state index contributed by atoms with van der Waals surface area (Å²) in [6, 6.07) is 1.79. The first-order valence-corrected chi connectivity index (χ1v) is 7.90. The molecule has 1 fully saturated rings. The lowest BCUT2D eigenvalue weighted by molar-refractivity contribution is -0.117. The second-order valence-electron chi connectivity index (χ2n) is 6.20. The molecule has 3 rings (SSSR count). The SMILES string of the molecule is CC(C)c1noc(C2CCCN2CC(=O)Nc2ccn(C)n2)n1.